The molecule has 0 aromatic carbocycles. The third-order valence-corrected chi connectivity index (χ3v) is 3.73. The Kier molecular flexibility index (Phi) is 3.36. The second-order valence-electron chi connectivity index (χ2n) is 4.74. The SMILES string of the molecule is CCC1(C(=O)O)CCCN(C(=O)c2ccn[nH]2)C1. The minimum Gasteiger partial charge on any atom is -0.481 e. The van der Waals surface area contributed by atoms with E-state index in [2.05, 4.69) is 10.2 Å². The van der Waals surface area contributed by atoms with Crippen molar-refractivity contribution >= 4 is 11.9 Å². The number of carbonyl (C=O) groups is 2. The predicted molar refractivity (Wildman–Crippen MR) is 64.1 cm³/mol. The maximum Gasteiger partial charge on any atom is 0.311 e. The van der Waals surface area contributed by atoms with Gasteiger partial charge in [-0.15, -0.1) is 0 Å². The molecular weight excluding hydrogens is 234 g/mol. The number of aromatic amines is 1. The molecule has 1 aromatic rings. The first-order valence-electron chi connectivity index (χ1n) is 6.11. The van der Waals surface area contributed by atoms with Crippen LogP contribution in [0.4, 0.5) is 0 Å². The quantitative estimate of drug-likeness (QED) is 0.843. The summed E-state index contributed by atoms with van der Waals surface area (Å²) in [6, 6.07) is 1.60. The number of aromatic nitrogens is 2. The lowest BCUT2D eigenvalue weighted by Gasteiger charge is -2.39. The molecule has 1 aliphatic rings. The first-order valence-corrected chi connectivity index (χ1v) is 6.11. The van der Waals surface area contributed by atoms with Crippen molar-refractivity contribution in [3.63, 3.8) is 0 Å². The van der Waals surface area contributed by atoms with Crippen LogP contribution in [-0.4, -0.2) is 45.2 Å². The minimum absolute atomic E-state index is 0.175. The van der Waals surface area contributed by atoms with Gasteiger partial charge in [0.25, 0.3) is 5.91 Å². The van der Waals surface area contributed by atoms with Crippen molar-refractivity contribution in [3.8, 4) is 0 Å². The second kappa shape index (κ2) is 4.80. The van der Waals surface area contributed by atoms with Crippen LogP contribution < -0.4 is 0 Å². The summed E-state index contributed by atoms with van der Waals surface area (Å²) in [6.07, 6.45) is 3.40. The molecule has 1 aromatic heterocycles. The Labute approximate surface area is 105 Å². The smallest absolute Gasteiger partial charge is 0.311 e. The fourth-order valence-corrected chi connectivity index (χ4v) is 2.46. The zero-order chi connectivity index (χ0) is 13.2. The third-order valence-electron chi connectivity index (χ3n) is 3.73. The molecule has 98 valence electrons. The van der Waals surface area contributed by atoms with Gasteiger partial charge in [0.1, 0.15) is 5.69 Å². The van der Waals surface area contributed by atoms with Crippen LogP contribution in [0.2, 0.25) is 0 Å². The Morgan fingerprint density at radius 3 is 2.94 bits per heavy atom. The number of carboxylic acid groups (broad SMARTS) is 1. The molecule has 1 aliphatic heterocycles. The summed E-state index contributed by atoms with van der Waals surface area (Å²) in [5.41, 5.74) is -0.388. The molecule has 1 fully saturated rings. The Morgan fingerprint density at radius 2 is 2.39 bits per heavy atom. The zero-order valence-electron chi connectivity index (χ0n) is 10.3. The predicted octanol–water partition coefficient (Wildman–Crippen LogP) is 1.13. The summed E-state index contributed by atoms with van der Waals surface area (Å²) in [6.45, 7) is 2.74. The third kappa shape index (κ3) is 2.10. The minimum atomic E-state index is -0.813. The molecule has 6 nitrogen and oxygen atoms in total. The Hall–Kier alpha value is -1.85. The van der Waals surface area contributed by atoms with Crippen LogP contribution in [0.1, 0.15) is 36.7 Å². The van der Waals surface area contributed by atoms with Gasteiger partial charge in [0.15, 0.2) is 0 Å². The van der Waals surface area contributed by atoms with Gasteiger partial charge in [0.05, 0.1) is 5.41 Å². The van der Waals surface area contributed by atoms with Crippen molar-refractivity contribution in [1.82, 2.24) is 15.1 Å². The molecule has 1 saturated heterocycles. The molecule has 2 N–H and O–H groups in total. The number of nitrogens with one attached hydrogen (secondary N) is 1. The van der Waals surface area contributed by atoms with Crippen LogP contribution in [0.25, 0.3) is 0 Å². The van der Waals surface area contributed by atoms with E-state index in [0.29, 0.717) is 25.1 Å². The lowest BCUT2D eigenvalue weighted by molar-refractivity contribution is -0.152. The van der Waals surface area contributed by atoms with Crippen LogP contribution in [0.3, 0.4) is 0 Å². The van der Waals surface area contributed by atoms with E-state index in [-0.39, 0.29) is 12.5 Å². The van der Waals surface area contributed by atoms with Crippen molar-refractivity contribution in [2.45, 2.75) is 26.2 Å². The Balaban J connectivity index is 2.16. The summed E-state index contributed by atoms with van der Waals surface area (Å²) in [5.74, 6) is -0.988. The first-order chi connectivity index (χ1) is 8.59. The molecule has 1 unspecified atom stereocenters. The highest BCUT2D eigenvalue weighted by atomic mass is 16.4. The molecule has 18 heavy (non-hydrogen) atoms. The molecule has 1 atom stereocenters. The molecule has 6 heteroatoms. The van der Waals surface area contributed by atoms with Crippen molar-refractivity contribution in [2.24, 2.45) is 5.41 Å². The average molecular weight is 251 g/mol. The van der Waals surface area contributed by atoms with E-state index in [1.54, 1.807) is 11.0 Å². The number of aliphatic carboxylic acids is 1. The highest BCUT2D eigenvalue weighted by Gasteiger charge is 2.42. The number of amides is 1. The monoisotopic (exact) mass is 251 g/mol. The average Bonchev–Trinajstić information content (AvgIpc) is 2.91. The maximum atomic E-state index is 12.1. The fraction of sp³-hybridized carbons (Fsp3) is 0.583. The normalized spacial score (nSPS) is 23.9. The zero-order valence-corrected chi connectivity index (χ0v) is 10.3. The van der Waals surface area contributed by atoms with Gasteiger partial charge in [0, 0.05) is 19.3 Å². The van der Waals surface area contributed by atoms with Crippen molar-refractivity contribution in [1.29, 1.82) is 0 Å². The van der Waals surface area contributed by atoms with Gasteiger partial charge >= 0.3 is 5.97 Å². The number of carbonyl (C=O) groups excluding carboxylic acids is 1. The largest absolute Gasteiger partial charge is 0.481 e. The summed E-state index contributed by atoms with van der Waals surface area (Å²) in [4.78, 5) is 25.2. The van der Waals surface area contributed by atoms with Crippen LogP contribution in [0, 0.1) is 5.41 Å². The fourth-order valence-electron chi connectivity index (χ4n) is 2.46. The number of likely N-dealkylation sites (tertiary alicyclic amines) is 1. The van der Waals surface area contributed by atoms with Crippen molar-refractivity contribution in [3.05, 3.63) is 18.0 Å². The Morgan fingerprint density at radius 1 is 1.61 bits per heavy atom. The van der Waals surface area contributed by atoms with Gasteiger partial charge in [-0.2, -0.15) is 5.10 Å². The highest BCUT2D eigenvalue weighted by Crippen LogP contribution is 2.34. The summed E-state index contributed by atoms with van der Waals surface area (Å²) in [7, 11) is 0. The molecule has 0 spiro atoms. The van der Waals surface area contributed by atoms with Gasteiger partial charge in [-0.1, -0.05) is 6.92 Å². The molecule has 2 rings (SSSR count). The summed E-state index contributed by atoms with van der Waals surface area (Å²) >= 11 is 0. The number of rotatable bonds is 3. The standard InChI is InChI=1S/C12H17N3O3/c1-2-12(11(17)18)5-3-7-15(8-12)10(16)9-4-6-13-14-9/h4,6H,2-3,5,7-8H2,1H3,(H,13,14)(H,17,18). The van der Waals surface area contributed by atoms with E-state index >= 15 is 0 Å². The summed E-state index contributed by atoms with van der Waals surface area (Å²) < 4.78 is 0. The van der Waals surface area contributed by atoms with Crippen molar-refractivity contribution in [2.75, 3.05) is 13.1 Å². The van der Waals surface area contributed by atoms with Gasteiger partial charge in [-0.25, -0.2) is 0 Å². The number of carboxylic acids is 1. The van der Waals surface area contributed by atoms with Gasteiger partial charge in [0.2, 0.25) is 0 Å². The molecule has 0 aliphatic carbocycles. The van der Waals surface area contributed by atoms with Gasteiger partial charge in [-0.05, 0) is 25.3 Å². The van der Waals surface area contributed by atoms with E-state index in [4.69, 9.17) is 0 Å². The number of hydrogen-bond acceptors (Lipinski definition) is 3. The topological polar surface area (TPSA) is 86.3 Å². The highest BCUT2D eigenvalue weighted by molar-refractivity contribution is 5.92. The van der Waals surface area contributed by atoms with E-state index < -0.39 is 11.4 Å². The number of H-pyrrole nitrogens is 1. The number of piperidine rings is 1. The molecule has 0 radical (unpaired) electrons. The van der Waals surface area contributed by atoms with Crippen LogP contribution in [0.5, 0.6) is 0 Å². The van der Waals surface area contributed by atoms with E-state index in [0.717, 1.165) is 6.42 Å². The number of hydrogen-bond donors (Lipinski definition) is 2. The maximum absolute atomic E-state index is 12.1. The lowest BCUT2D eigenvalue weighted by Crippen LogP contribution is -2.49. The van der Waals surface area contributed by atoms with Crippen LogP contribution in [0.15, 0.2) is 12.3 Å². The van der Waals surface area contributed by atoms with Gasteiger partial charge < -0.3 is 10.0 Å². The number of nitrogens with zero attached hydrogens (tertiary/aromatic N) is 2. The first kappa shape index (κ1) is 12.6. The van der Waals surface area contributed by atoms with E-state index in [1.165, 1.54) is 6.20 Å². The van der Waals surface area contributed by atoms with E-state index in [1.807, 2.05) is 6.92 Å². The van der Waals surface area contributed by atoms with Crippen LogP contribution >= 0.6 is 0 Å². The molecule has 0 saturated carbocycles. The van der Waals surface area contributed by atoms with E-state index in [9.17, 15) is 14.7 Å². The molecule has 1 amide bonds. The van der Waals surface area contributed by atoms with Gasteiger partial charge in [-0.3, -0.25) is 14.7 Å². The lowest BCUT2D eigenvalue weighted by atomic mass is 9.77. The molecule has 0 bridgehead atoms. The molecule has 2 heterocycles. The Bertz CT molecular complexity index is 443. The second-order valence-corrected chi connectivity index (χ2v) is 4.74. The summed E-state index contributed by atoms with van der Waals surface area (Å²) in [5, 5.41) is 15.7. The van der Waals surface area contributed by atoms with Crippen molar-refractivity contribution < 1.29 is 14.7 Å². The molecular formula is C12H17N3O3. The van der Waals surface area contributed by atoms with Crippen LogP contribution in [-0.2, 0) is 4.79 Å².